The zero-order valence-corrected chi connectivity index (χ0v) is 7.43. The van der Waals surface area contributed by atoms with E-state index in [1.165, 1.54) is 9.75 Å². The molecule has 1 heterocycles. The molecule has 0 saturated carbocycles. The first kappa shape index (κ1) is 7.83. The van der Waals surface area contributed by atoms with Crippen LogP contribution in [0.4, 0.5) is 0 Å². The normalized spacial score (nSPS) is 9.80. The number of rotatable bonds is 2. The topological polar surface area (TPSA) is 0 Å². The summed E-state index contributed by atoms with van der Waals surface area (Å²) in [5.41, 5.74) is 0. The summed E-state index contributed by atoms with van der Waals surface area (Å²) in [6.07, 6.45) is 2.82. The third-order valence-corrected chi connectivity index (χ3v) is 2.83. The van der Waals surface area contributed by atoms with Gasteiger partial charge in [0, 0.05) is 9.75 Å². The average Bonchev–Trinajstić information content (AvgIpc) is 2.14. The van der Waals surface area contributed by atoms with Crippen molar-refractivity contribution in [3.63, 3.8) is 0 Å². The van der Waals surface area contributed by atoms with E-state index in [0.29, 0.717) is 0 Å². The third-order valence-electron chi connectivity index (χ3n) is 1.25. The summed E-state index contributed by atoms with van der Waals surface area (Å²) in [7, 11) is 0. The number of hydrogen-bond donors (Lipinski definition) is 0. The van der Waals surface area contributed by atoms with Gasteiger partial charge in [-0.1, -0.05) is 17.7 Å². The molecule has 0 spiro atoms. The predicted octanol–water partition coefficient (Wildman–Crippen LogP) is 3.44. The Morgan fingerprint density at radius 2 is 2.50 bits per heavy atom. The lowest BCUT2D eigenvalue weighted by molar-refractivity contribution is 1.35. The number of aryl methyl sites for hydroxylation is 1. The fourth-order valence-corrected chi connectivity index (χ4v) is 2.00. The van der Waals surface area contributed by atoms with Gasteiger partial charge in [-0.05, 0) is 19.4 Å². The summed E-state index contributed by atoms with van der Waals surface area (Å²) in [4.78, 5) is 2.48. The summed E-state index contributed by atoms with van der Waals surface area (Å²) in [5.74, 6) is 0. The van der Waals surface area contributed by atoms with Crippen molar-refractivity contribution in [2.24, 2.45) is 0 Å². The fourth-order valence-electron chi connectivity index (χ4n) is 0.761. The van der Waals surface area contributed by atoms with E-state index in [0.717, 1.165) is 11.4 Å². The number of allylic oxidation sites excluding steroid dienone is 1. The lowest BCUT2D eigenvalue weighted by atomic mass is 10.3. The highest BCUT2D eigenvalue weighted by Crippen LogP contribution is 2.25. The lowest BCUT2D eigenvalue weighted by Gasteiger charge is -1.82. The van der Waals surface area contributed by atoms with Gasteiger partial charge in [0.25, 0.3) is 0 Å². The molecule has 2 heteroatoms. The van der Waals surface area contributed by atoms with Gasteiger partial charge in [-0.3, -0.25) is 0 Å². The van der Waals surface area contributed by atoms with Crippen LogP contribution in [0.1, 0.15) is 9.75 Å². The van der Waals surface area contributed by atoms with Crippen LogP contribution in [0.25, 0.3) is 0 Å². The summed E-state index contributed by atoms with van der Waals surface area (Å²) < 4.78 is 0. The minimum Gasteiger partial charge on any atom is -0.144 e. The first-order chi connectivity index (χ1) is 4.74. The van der Waals surface area contributed by atoms with Crippen LogP contribution < -0.4 is 0 Å². The summed E-state index contributed by atoms with van der Waals surface area (Å²) in [5, 5.41) is 0.877. The standard InChI is InChI=1S/C8H9ClS/c1-3-4-7-5-8(9)6(2)10-7/h3,5H,1,4H2,2H3. The second-order valence-electron chi connectivity index (χ2n) is 2.11. The van der Waals surface area contributed by atoms with E-state index in [4.69, 9.17) is 11.6 Å². The number of halogens is 1. The Hall–Kier alpha value is -0.270. The molecule has 54 valence electrons. The van der Waals surface area contributed by atoms with E-state index in [-0.39, 0.29) is 0 Å². The molecule has 10 heavy (non-hydrogen) atoms. The van der Waals surface area contributed by atoms with E-state index in [9.17, 15) is 0 Å². The summed E-state index contributed by atoms with van der Waals surface area (Å²) in [6.45, 7) is 5.69. The first-order valence-electron chi connectivity index (χ1n) is 3.09. The van der Waals surface area contributed by atoms with Crippen molar-refractivity contribution in [2.75, 3.05) is 0 Å². The van der Waals surface area contributed by atoms with Gasteiger partial charge in [0.2, 0.25) is 0 Å². The van der Waals surface area contributed by atoms with Crippen LogP contribution in [0.3, 0.4) is 0 Å². The van der Waals surface area contributed by atoms with Crippen LogP contribution in [0.2, 0.25) is 5.02 Å². The van der Waals surface area contributed by atoms with Crippen molar-refractivity contribution in [1.29, 1.82) is 0 Å². The van der Waals surface area contributed by atoms with E-state index < -0.39 is 0 Å². The fraction of sp³-hybridized carbons (Fsp3) is 0.250. The minimum atomic E-state index is 0.877. The Morgan fingerprint density at radius 3 is 2.90 bits per heavy atom. The Kier molecular flexibility index (Phi) is 2.52. The molecule has 0 aliphatic heterocycles. The minimum absolute atomic E-state index is 0.877. The molecule has 0 saturated heterocycles. The number of hydrogen-bond acceptors (Lipinski definition) is 1. The van der Waals surface area contributed by atoms with Gasteiger partial charge in [0.05, 0.1) is 5.02 Å². The molecule has 0 aromatic carbocycles. The highest BCUT2D eigenvalue weighted by atomic mass is 35.5. The van der Waals surface area contributed by atoms with Crippen LogP contribution >= 0.6 is 22.9 Å². The predicted molar refractivity (Wildman–Crippen MR) is 48.0 cm³/mol. The van der Waals surface area contributed by atoms with Gasteiger partial charge in [0.1, 0.15) is 0 Å². The zero-order valence-electron chi connectivity index (χ0n) is 5.86. The van der Waals surface area contributed by atoms with E-state index >= 15 is 0 Å². The molecule has 0 unspecified atom stereocenters. The smallest absolute Gasteiger partial charge is 0.0545 e. The molecule has 0 amide bonds. The van der Waals surface area contributed by atoms with E-state index in [2.05, 4.69) is 6.58 Å². The molecule has 0 fully saturated rings. The van der Waals surface area contributed by atoms with Crippen molar-refractivity contribution in [1.82, 2.24) is 0 Å². The third kappa shape index (κ3) is 1.61. The molecule has 1 rings (SSSR count). The van der Waals surface area contributed by atoms with Crippen molar-refractivity contribution >= 4 is 22.9 Å². The molecule has 0 bridgehead atoms. The maximum absolute atomic E-state index is 5.84. The van der Waals surface area contributed by atoms with Gasteiger partial charge in [0.15, 0.2) is 0 Å². The molecule has 0 aliphatic rings. The number of thiophene rings is 1. The van der Waals surface area contributed by atoms with Gasteiger partial charge < -0.3 is 0 Å². The molecule has 0 atom stereocenters. The first-order valence-corrected chi connectivity index (χ1v) is 4.29. The van der Waals surface area contributed by atoms with Crippen molar-refractivity contribution < 1.29 is 0 Å². The SMILES string of the molecule is C=CCc1cc(Cl)c(C)s1. The van der Waals surface area contributed by atoms with Crippen LogP contribution in [-0.2, 0) is 6.42 Å². The quantitative estimate of drug-likeness (QED) is 0.600. The Labute approximate surface area is 70.1 Å². The molecular weight excluding hydrogens is 164 g/mol. The maximum atomic E-state index is 5.84. The summed E-state index contributed by atoms with van der Waals surface area (Å²) in [6, 6.07) is 2.00. The molecule has 0 nitrogen and oxygen atoms in total. The largest absolute Gasteiger partial charge is 0.144 e. The maximum Gasteiger partial charge on any atom is 0.0545 e. The molecule has 0 aliphatic carbocycles. The molecule has 0 radical (unpaired) electrons. The zero-order chi connectivity index (χ0) is 7.56. The monoisotopic (exact) mass is 172 g/mol. The van der Waals surface area contributed by atoms with Gasteiger partial charge in [-0.15, -0.1) is 17.9 Å². The van der Waals surface area contributed by atoms with Crippen LogP contribution in [0, 0.1) is 6.92 Å². The Balaban J connectivity index is 2.86. The Morgan fingerprint density at radius 1 is 1.80 bits per heavy atom. The lowest BCUT2D eigenvalue weighted by Crippen LogP contribution is -1.67. The second kappa shape index (κ2) is 3.22. The van der Waals surface area contributed by atoms with Crippen molar-refractivity contribution in [2.45, 2.75) is 13.3 Å². The molecular formula is C8H9ClS. The molecule has 0 N–H and O–H groups in total. The van der Waals surface area contributed by atoms with Crippen LogP contribution in [0.5, 0.6) is 0 Å². The van der Waals surface area contributed by atoms with Crippen molar-refractivity contribution in [3.8, 4) is 0 Å². The van der Waals surface area contributed by atoms with Gasteiger partial charge >= 0.3 is 0 Å². The van der Waals surface area contributed by atoms with Gasteiger partial charge in [-0.2, -0.15) is 0 Å². The summed E-state index contributed by atoms with van der Waals surface area (Å²) >= 11 is 7.58. The average molecular weight is 173 g/mol. The Bertz CT molecular complexity index is 218. The second-order valence-corrected chi connectivity index (χ2v) is 3.86. The molecule has 1 aromatic rings. The highest BCUT2D eigenvalue weighted by Gasteiger charge is 1.99. The van der Waals surface area contributed by atoms with Crippen molar-refractivity contribution in [3.05, 3.63) is 33.5 Å². The highest BCUT2D eigenvalue weighted by molar-refractivity contribution is 7.12. The van der Waals surface area contributed by atoms with Gasteiger partial charge in [-0.25, -0.2) is 0 Å². The van der Waals surface area contributed by atoms with Crippen LogP contribution in [-0.4, -0.2) is 0 Å². The van der Waals surface area contributed by atoms with Crippen LogP contribution in [0.15, 0.2) is 18.7 Å². The van der Waals surface area contributed by atoms with E-state index in [1.807, 2.05) is 19.1 Å². The van der Waals surface area contributed by atoms with E-state index in [1.54, 1.807) is 11.3 Å². The molecule has 1 aromatic heterocycles.